The number of carbonyl (C=O) groups excluding carboxylic acids is 1. The minimum atomic E-state index is -0.781. The van der Waals surface area contributed by atoms with Gasteiger partial charge in [0.1, 0.15) is 11.4 Å². The first-order chi connectivity index (χ1) is 15.1. The molecule has 4 rings (SSSR count). The van der Waals surface area contributed by atoms with Crippen LogP contribution in [-0.2, 0) is 4.79 Å². The Hall–Kier alpha value is -3.09. The third kappa shape index (κ3) is 3.22. The van der Waals surface area contributed by atoms with E-state index in [1.54, 1.807) is 24.3 Å². The zero-order valence-corrected chi connectivity index (χ0v) is 18.9. The molecule has 1 saturated carbocycles. The van der Waals surface area contributed by atoms with Crippen molar-refractivity contribution in [3.05, 3.63) is 65.6 Å². The number of nitrogens with two attached hydrogens (primary N) is 1. The van der Waals surface area contributed by atoms with E-state index in [0.29, 0.717) is 36.5 Å². The van der Waals surface area contributed by atoms with Gasteiger partial charge in [-0.3, -0.25) is 4.79 Å². The minimum absolute atomic E-state index is 0.00686. The van der Waals surface area contributed by atoms with Crippen molar-refractivity contribution >= 4 is 17.3 Å². The third-order valence-electron chi connectivity index (χ3n) is 7.74. The van der Waals surface area contributed by atoms with Crippen LogP contribution in [0, 0.1) is 28.5 Å². The molecule has 0 radical (unpaired) electrons. The number of azo groups is 1. The monoisotopic (exact) mass is 435 g/mol. The molecular weight excluding hydrogens is 405 g/mol. The molecule has 168 valence electrons. The van der Waals surface area contributed by atoms with Crippen molar-refractivity contribution < 1.29 is 9.18 Å². The Balaban J connectivity index is 1.59. The number of fused-ring (bicyclic) bond motifs is 1. The van der Waals surface area contributed by atoms with Gasteiger partial charge in [0.25, 0.3) is 0 Å². The van der Waals surface area contributed by atoms with Gasteiger partial charge in [0.2, 0.25) is 5.91 Å². The van der Waals surface area contributed by atoms with Crippen LogP contribution >= 0.6 is 0 Å². The van der Waals surface area contributed by atoms with Crippen molar-refractivity contribution in [3.8, 4) is 0 Å². The van der Waals surface area contributed by atoms with Crippen LogP contribution in [0.5, 0.6) is 0 Å². The molecule has 6 nitrogen and oxygen atoms in total. The number of nitrogens with one attached hydrogen (secondary N) is 1. The van der Waals surface area contributed by atoms with Crippen LogP contribution in [-0.4, -0.2) is 35.1 Å². The number of hydrogen-bond acceptors (Lipinski definition) is 5. The lowest BCUT2D eigenvalue weighted by Crippen LogP contribution is -2.60. The molecular formula is C25H30FN5O. The van der Waals surface area contributed by atoms with Crippen molar-refractivity contribution in [2.45, 2.75) is 39.2 Å². The number of rotatable bonds is 4. The van der Waals surface area contributed by atoms with Gasteiger partial charge in [-0.05, 0) is 69.2 Å². The highest BCUT2D eigenvalue weighted by Gasteiger charge is 2.62. The van der Waals surface area contributed by atoms with Gasteiger partial charge >= 0.3 is 0 Å². The van der Waals surface area contributed by atoms with Crippen LogP contribution in [0.4, 0.5) is 4.39 Å². The Kier molecular flexibility index (Phi) is 5.39. The minimum Gasteiger partial charge on any atom is -0.404 e. The standard InChI is InChI=1S/C25H30FN5O/c1-15-11-21(18-7-5-6-8-20(18)26)29-30-25(4)19(15)9-10-24(25,3)23(32)31-13-17(14-31)22(28)16(2)12-27/h5-8,11-12,17,19,28H,1,9-10,13-14,27H2,2-4H3/b16-12-,28-22?/t19-,24?,25?/m0/s1. The summed E-state index contributed by atoms with van der Waals surface area (Å²) in [5, 5.41) is 17.4. The van der Waals surface area contributed by atoms with E-state index >= 15 is 0 Å². The summed E-state index contributed by atoms with van der Waals surface area (Å²) in [6, 6.07) is 6.47. The summed E-state index contributed by atoms with van der Waals surface area (Å²) < 4.78 is 14.4. The molecule has 3 N–H and O–H groups in total. The third-order valence-corrected chi connectivity index (χ3v) is 7.74. The second kappa shape index (κ2) is 7.80. The summed E-state index contributed by atoms with van der Waals surface area (Å²) in [5.41, 5.74) is 6.85. The number of halogens is 1. The number of nitrogens with zero attached hydrogens (tertiary/aromatic N) is 3. The first-order valence-corrected chi connectivity index (χ1v) is 11.0. The fraction of sp³-hybridized carbons (Fsp3) is 0.440. The van der Waals surface area contributed by atoms with Gasteiger partial charge in [0.15, 0.2) is 0 Å². The lowest BCUT2D eigenvalue weighted by molar-refractivity contribution is -0.149. The molecule has 0 bridgehead atoms. The summed E-state index contributed by atoms with van der Waals surface area (Å²) >= 11 is 0. The lowest BCUT2D eigenvalue weighted by atomic mass is 9.68. The predicted molar refractivity (Wildman–Crippen MR) is 123 cm³/mol. The van der Waals surface area contributed by atoms with Crippen molar-refractivity contribution in [2.24, 2.45) is 33.2 Å². The molecule has 2 heterocycles. The molecule has 1 aliphatic carbocycles. The van der Waals surface area contributed by atoms with Gasteiger partial charge in [0.05, 0.1) is 11.1 Å². The number of likely N-dealkylation sites (tertiary alicyclic amines) is 1. The normalized spacial score (nSPS) is 30.4. The molecule has 1 saturated heterocycles. The summed E-state index contributed by atoms with van der Waals surface area (Å²) in [4.78, 5) is 15.5. The number of benzene rings is 1. The highest BCUT2D eigenvalue weighted by molar-refractivity contribution is 6.01. The molecule has 1 aromatic rings. The summed E-state index contributed by atoms with van der Waals surface area (Å²) in [6.07, 6.45) is 4.68. The maximum absolute atomic E-state index is 14.4. The summed E-state index contributed by atoms with van der Waals surface area (Å²) in [5.74, 6) is -0.380. The fourth-order valence-electron chi connectivity index (χ4n) is 5.25. The van der Waals surface area contributed by atoms with Crippen molar-refractivity contribution in [1.82, 2.24) is 4.90 Å². The molecule has 7 heteroatoms. The average molecular weight is 436 g/mol. The smallest absolute Gasteiger partial charge is 0.231 e. The van der Waals surface area contributed by atoms with E-state index in [0.717, 1.165) is 17.6 Å². The number of hydrogen-bond donors (Lipinski definition) is 2. The Morgan fingerprint density at radius 2 is 2.03 bits per heavy atom. The van der Waals surface area contributed by atoms with E-state index in [1.807, 2.05) is 25.7 Å². The van der Waals surface area contributed by atoms with Gasteiger partial charge in [-0.25, -0.2) is 4.39 Å². The first-order valence-electron chi connectivity index (χ1n) is 11.0. The van der Waals surface area contributed by atoms with E-state index < -0.39 is 11.0 Å². The SMILES string of the molecule is C=C1C=C(c2ccccc2F)N=NC2(C)[C@H]1CCC2(C)C(=O)N1CC(C(=N)/C(C)=C\N)C1. The highest BCUT2D eigenvalue weighted by Crippen LogP contribution is 2.57. The summed E-state index contributed by atoms with van der Waals surface area (Å²) in [6.45, 7) is 11.0. The zero-order valence-electron chi connectivity index (χ0n) is 18.9. The topological polar surface area (TPSA) is 94.9 Å². The largest absolute Gasteiger partial charge is 0.404 e. The maximum Gasteiger partial charge on any atom is 0.231 e. The molecule has 2 fully saturated rings. The van der Waals surface area contributed by atoms with Crippen molar-refractivity contribution in [2.75, 3.05) is 13.1 Å². The van der Waals surface area contributed by atoms with E-state index in [4.69, 9.17) is 16.3 Å². The molecule has 2 aliphatic heterocycles. The maximum atomic E-state index is 14.4. The van der Waals surface area contributed by atoms with Crippen molar-refractivity contribution in [1.29, 1.82) is 5.41 Å². The number of carbonyl (C=O) groups is 1. The summed E-state index contributed by atoms with van der Waals surface area (Å²) in [7, 11) is 0. The Morgan fingerprint density at radius 3 is 2.69 bits per heavy atom. The van der Waals surface area contributed by atoms with Gasteiger partial charge in [0, 0.05) is 36.2 Å². The molecule has 1 aromatic carbocycles. The molecule has 32 heavy (non-hydrogen) atoms. The van der Waals surface area contributed by atoms with Crippen LogP contribution < -0.4 is 5.73 Å². The average Bonchev–Trinajstić information content (AvgIpc) is 2.93. The van der Waals surface area contributed by atoms with Crippen LogP contribution in [0.2, 0.25) is 0 Å². The van der Waals surface area contributed by atoms with Gasteiger partial charge in [-0.1, -0.05) is 18.7 Å². The van der Waals surface area contributed by atoms with E-state index in [9.17, 15) is 9.18 Å². The van der Waals surface area contributed by atoms with Crippen LogP contribution in [0.15, 0.2) is 64.5 Å². The van der Waals surface area contributed by atoms with Crippen molar-refractivity contribution in [3.63, 3.8) is 0 Å². The molecule has 1 amide bonds. The second-order valence-electron chi connectivity index (χ2n) is 9.53. The predicted octanol–water partition coefficient (Wildman–Crippen LogP) is 4.70. The fourth-order valence-corrected chi connectivity index (χ4v) is 5.25. The Bertz CT molecular complexity index is 1080. The van der Waals surface area contributed by atoms with Crippen LogP contribution in [0.1, 0.15) is 39.2 Å². The Labute approximate surface area is 188 Å². The number of amides is 1. The van der Waals surface area contributed by atoms with Crippen LogP contribution in [0.25, 0.3) is 5.70 Å². The molecule has 2 unspecified atom stereocenters. The van der Waals surface area contributed by atoms with Crippen LogP contribution in [0.3, 0.4) is 0 Å². The quantitative estimate of drug-likeness (QED) is 0.671. The van der Waals surface area contributed by atoms with E-state index in [-0.39, 0.29) is 23.6 Å². The van der Waals surface area contributed by atoms with Gasteiger partial charge < -0.3 is 16.0 Å². The zero-order chi connectivity index (χ0) is 23.3. The van der Waals surface area contributed by atoms with E-state index in [1.165, 1.54) is 12.3 Å². The van der Waals surface area contributed by atoms with Gasteiger partial charge in [-0.2, -0.15) is 10.2 Å². The molecule has 3 atom stereocenters. The Morgan fingerprint density at radius 1 is 1.34 bits per heavy atom. The molecule has 0 aromatic heterocycles. The second-order valence-corrected chi connectivity index (χ2v) is 9.53. The molecule has 0 spiro atoms. The lowest BCUT2D eigenvalue weighted by Gasteiger charge is -2.47. The highest BCUT2D eigenvalue weighted by atomic mass is 19.1. The first kappa shape index (κ1) is 22.1. The van der Waals surface area contributed by atoms with Gasteiger partial charge in [-0.15, -0.1) is 0 Å². The van der Waals surface area contributed by atoms with E-state index in [2.05, 4.69) is 11.7 Å². The molecule has 3 aliphatic rings. The number of allylic oxidation sites excluding steroid dienone is 2.